The molecule has 2 fully saturated rings. The lowest BCUT2D eigenvalue weighted by atomic mass is 10.2. The number of carbonyl (C=O) groups is 1. The summed E-state index contributed by atoms with van der Waals surface area (Å²) in [4.78, 5) is 21.0. The van der Waals surface area contributed by atoms with E-state index >= 15 is 0 Å². The van der Waals surface area contributed by atoms with Crippen molar-refractivity contribution in [1.29, 1.82) is 0 Å². The Morgan fingerprint density at radius 1 is 1.45 bits per heavy atom. The van der Waals surface area contributed by atoms with Gasteiger partial charge in [-0.1, -0.05) is 6.07 Å². The molecule has 2 atom stereocenters. The molecule has 2 amide bonds. The first-order valence-electron chi connectivity index (χ1n) is 8.30. The van der Waals surface area contributed by atoms with Crippen molar-refractivity contribution in [2.45, 2.75) is 38.3 Å². The van der Waals surface area contributed by atoms with Gasteiger partial charge >= 0.3 is 6.03 Å². The number of hydrogen-bond acceptors (Lipinski definition) is 3. The first-order chi connectivity index (χ1) is 10.6. The van der Waals surface area contributed by atoms with Crippen LogP contribution in [0.2, 0.25) is 0 Å². The lowest BCUT2D eigenvalue weighted by Gasteiger charge is -2.26. The molecule has 1 aromatic rings. The third-order valence-corrected chi connectivity index (χ3v) is 4.83. The number of likely N-dealkylation sites (tertiary alicyclic amines) is 1. The topological polar surface area (TPSA) is 48.5 Å². The van der Waals surface area contributed by atoms with Gasteiger partial charge in [0, 0.05) is 38.9 Å². The van der Waals surface area contributed by atoms with E-state index in [9.17, 15) is 4.79 Å². The Morgan fingerprint density at radius 2 is 2.27 bits per heavy atom. The van der Waals surface area contributed by atoms with E-state index < -0.39 is 0 Å². The van der Waals surface area contributed by atoms with Crippen LogP contribution in [0.5, 0.6) is 0 Å². The molecule has 1 aromatic heterocycles. The Kier molecular flexibility index (Phi) is 4.62. The van der Waals surface area contributed by atoms with E-state index in [0.29, 0.717) is 0 Å². The maximum absolute atomic E-state index is 12.4. The van der Waals surface area contributed by atoms with E-state index in [2.05, 4.69) is 15.2 Å². The van der Waals surface area contributed by atoms with Crippen LogP contribution in [0.15, 0.2) is 24.4 Å². The molecular weight excluding hydrogens is 276 g/mol. The third-order valence-electron chi connectivity index (χ3n) is 4.83. The zero-order valence-corrected chi connectivity index (χ0v) is 13.5. The van der Waals surface area contributed by atoms with Crippen molar-refractivity contribution < 1.29 is 4.79 Å². The van der Waals surface area contributed by atoms with Crippen molar-refractivity contribution in [3.8, 4) is 0 Å². The Hall–Kier alpha value is -1.62. The number of rotatable bonds is 5. The average Bonchev–Trinajstić information content (AvgIpc) is 3.25. The normalized spacial score (nSPS) is 23.3. The Bertz CT molecular complexity index is 503. The molecule has 3 rings (SSSR count). The van der Waals surface area contributed by atoms with Crippen LogP contribution >= 0.6 is 0 Å². The molecule has 0 unspecified atom stereocenters. The minimum atomic E-state index is -0.0230. The second kappa shape index (κ2) is 6.65. The van der Waals surface area contributed by atoms with E-state index in [1.807, 2.05) is 32.2 Å². The van der Waals surface area contributed by atoms with E-state index in [4.69, 9.17) is 0 Å². The summed E-state index contributed by atoms with van der Waals surface area (Å²) >= 11 is 0. The number of aromatic nitrogens is 1. The molecule has 1 N–H and O–H groups in total. The van der Waals surface area contributed by atoms with Gasteiger partial charge in [0.25, 0.3) is 0 Å². The van der Waals surface area contributed by atoms with Gasteiger partial charge in [0.05, 0.1) is 11.7 Å². The van der Waals surface area contributed by atoms with Gasteiger partial charge in [0.2, 0.25) is 0 Å². The predicted octanol–water partition coefficient (Wildman–Crippen LogP) is 2.27. The van der Waals surface area contributed by atoms with Crippen LogP contribution in [-0.4, -0.2) is 53.5 Å². The van der Waals surface area contributed by atoms with Gasteiger partial charge in [-0.3, -0.25) is 4.98 Å². The molecule has 1 aliphatic heterocycles. The molecule has 5 heteroatoms. The summed E-state index contributed by atoms with van der Waals surface area (Å²) < 4.78 is 0. The molecule has 5 nitrogen and oxygen atoms in total. The van der Waals surface area contributed by atoms with Gasteiger partial charge in [0.15, 0.2) is 0 Å². The molecule has 0 aromatic carbocycles. The fourth-order valence-electron chi connectivity index (χ4n) is 3.06. The highest BCUT2D eigenvalue weighted by Gasteiger charge is 2.30. The minimum Gasteiger partial charge on any atom is -0.334 e. The standard InChI is InChI=1S/C17H26N4O/c1-13(16-5-3-4-9-18-16)20(2)17(22)19-15-8-10-21(12-15)11-14-6-7-14/h3-5,9,13-15H,6-8,10-12H2,1-2H3,(H,19,22)/t13-,15+/m0/s1. The quantitative estimate of drug-likeness (QED) is 0.907. The maximum Gasteiger partial charge on any atom is 0.317 e. The van der Waals surface area contributed by atoms with Crippen LogP contribution in [-0.2, 0) is 0 Å². The fourth-order valence-corrected chi connectivity index (χ4v) is 3.06. The average molecular weight is 302 g/mol. The molecule has 2 heterocycles. The molecule has 2 aliphatic rings. The van der Waals surface area contributed by atoms with E-state index in [-0.39, 0.29) is 18.1 Å². The first-order valence-corrected chi connectivity index (χ1v) is 8.30. The summed E-state index contributed by atoms with van der Waals surface area (Å²) in [5.41, 5.74) is 0.918. The number of carbonyl (C=O) groups excluding carboxylic acids is 1. The van der Waals surface area contributed by atoms with Gasteiger partial charge in [0.1, 0.15) is 0 Å². The van der Waals surface area contributed by atoms with Crippen LogP contribution in [0.1, 0.15) is 37.9 Å². The number of pyridine rings is 1. The summed E-state index contributed by atoms with van der Waals surface area (Å²) in [6, 6.07) is 6.06. The number of nitrogens with zero attached hydrogens (tertiary/aromatic N) is 3. The first kappa shape index (κ1) is 15.3. The second-order valence-corrected chi connectivity index (χ2v) is 6.68. The molecule has 1 saturated heterocycles. The third kappa shape index (κ3) is 3.77. The highest BCUT2D eigenvalue weighted by atomic mass is 16.2. The molecule has 1 saturated carbocycles. The van der Waals surface area contributed by atoms with Crippen molar-refractivity contribution in [3.63, 3.8) is 0 Å². The SMILES string of the molecule is C[C@@H](c1ccccn1)N(C)C(=O)N[C@@H]1CCN(CC2CC2)C1. The van der Waals surface area contributed by atoms with Gasteiger partial charge in [-0.15, -0.1) is 0 Å². The summed E-state index contributed by atoms with van der Waals surface area (Å²) in [7, 11) is 1.84. The summed E-state index contributed by atoms with van der Waals surface area (Å²) in [6.45, 7) is 5.33. The van der Waals surface area contributed by atoms with E-state index in [0.717, 1.165) is 31.1 Å². The second-order valence-electron chi connectivity index (χ2n) is 6.68. The van der Waals surface area contributed by atoms with Crippen molar-refractivity contribution in [1.82, 2.24) is 20.1 Å². The molecule has 0 spiro atoms. The van der Waals surface area contributed by atoms with Gasteiger partial charge < -0.3 is 15.1 Å². The lowest BCUT2D eigenvalue weighted by molar-refractivity contribution is 0.189. The van der Waals surface area contributed by atoms with Crippen molar-refractivity contribution >= 4 is 6.03 Å². The molecule has 120 valence electrons. The smallest absolute Gasteiger partial charge is 0.317 e. The molecule has 0 radical (unpaired) electrons. The summed E-state index contributed by atoms with van der Waals surface area (Å²) in [5.74, 6) is 0.918. The zero-order chi connectivity index (χ0) is 15.5. The highest BCUT2D eigenvalue weighted by Crippen LogP contribution is 2.30. The van der Waals surface area contributed by atoms with Crippen molar-refractivity contribution in [2.75, 3.05) is 26.7 Å². The molecule has 0 bridgehead atoms. The number of hydrogen-bond donors (Lipinski definition) is 1. The summed E-state index contributed by atoms with van der Waals surface area (Å²) in [5, 5.41) is 3.17. The van der Waals surface area contributed by atoms with Gasteiger partial charge in [-0.25, -0.2) is 4.79 Å². The van der Waals surface area contributed by atoms with E-state index in [1.165, 1.54) is 19.4 Å². The molecular formula is C17H26N4O. The zero-order valence-electron chi connectivity index (χ0n) is 13.5. The van der Waals surface area contributed by atoms with Crippen molar-refractivity contribution in [3.05, 3.63) is 30.1 Å². The summed E-state index contributed by atoms with van der Waals surface area (Å²) in [6.07, 6.45) is 5.60. The minimum absolute atomic E-state index is 0.00331. The predicted molar refractivity (Wildman–Crippen MR) is 86.5 cm³/mol. The van der Waals surface area contributed by atoms with Crippen LogP contribution in [0.25, 0.3) is 0 Å². The van der Waals surface area contributed by atoms with Gasteiger partial charge in [-0.05, 0) is 44.2 Å². The Morgan fingerprint density at radius 3 is 2.95 bits per heavy atom. The maximum atomic E-state index is 12.4. The van der Waals surface area contributed by atoms with Crippen LogP contribution in [0, 0.1) is 5.92 Å². The highest BCUT2D eigenvalue weighted by molar-refractivity contribution is 5.74. The Labute approximate surface area is 132 Å². The van der Waals surface area contributed by atoms with E-state index in [1.54, 1.807) is 11.1 Å². The van der Waals surface area contributed by atoms with Gasteiger partial charge in [-0.2, -0.15) is 0 Å². The number of amides is 2. The fraction of sp³-hybridized carbons (Fsp3) is 0.647. The molecule has 22 heavy (non-hydrogen) atoms. The number of urea groups is 1. The van der Waals surface area contributed by atoms with Crippen LogP contribution in [0.4, 0.5) is 4.79 Å². The van der Waals surface area contributed by atoms with Crippen LogP contribution < -0.4 is 5.32 Å². The largest absolute Gasteiger partial charge is 0.334 e. The molecule has 1 aliphatic carbocycles. The van der Waals surface area contributed by atoms with Crippen LogP contribution in [0.3, 0.4) is 0 Å². The van der Waals surface area contributed by atoms with Crippen molar-refractivity contribution in [2.24, 2.45) is 5.92 Å². The lowest BCUT2D eigenvalue weighted by Crippen LogP contribution is -2.45. The number of nitrogens with one attached hydrogen (secondary N) is 1. The monoisotopic (exact) mass is 302 g/mol. The Balaban J connectivity index is 1.48.